The van der Waals surface area contributed by atoms with Crippen molar-refractivity contribution in [1.29, 1.82) is 0 Å². The van der Waals surface area contributed by atoms with Crippen molar-refractivity contribution in [3.8, 4) is 23.2 Å². The van der Waals surface area contributed by atoms with E-state index in [-0.39, 0.29) is 18.2 Å². The lowest BCUT2D eigenvalue weighted by Gasteiger charge is -2.30. The molecule has 2 heterocycles. The molecule has 0 saturated heterocycles. The van der Waals surface area contributed by atoms with E-state index in [1.54, 1.807) is 19.2 Å². The maximum atomic E-state index is 13.5. The molecule has 7 heteroatoms. The number of aromatic nitrogens is 1. The normalized spacial score (nSPS) is 18.7. The molecule has 0 radical (unpaired) electrons. The summed E-state index contributed by atoms with van der Waals surface area (Å²) in [6.07, 6.45) is 0.214. The minimum atomic E-state index is -1.43. The number of nitrogens with zero attached hydrogens (tertiary/aromatic N) is 1. The van der Waals surface area contributed by atoms with Crippen molar-refractivity contribution in [3.05, 3.63) is 107 Å². The second-order valence-corrected chi connectivity index (χ2v) is 8.52. The van der Waals surface area contributed by atoms with Crippen molar-refractivity contribution in [1.82, 2.24) is 9.88 Å². The second-order valence-electron chi connectivity index (χ2n) is 8.52. The number of carbonyl (C=O) groups is 1. The number of esters is 1. The van der Waals surface area contributed by atoms with E-state index >= 15 is 0 Å². The summed E-state index contributed by atoms with van der Waals surface area (Å²) in [5, 5.41) is 26.4. The molecule has 0 amide bonds. The van der Waals surface area contributed by atoms with Crippen molar-refractivity contribution in [3.63, 3.8) is 0 Å². The SMILES string of the molecule is COC(=O)C1(Cc2ccccc2)NC(c2ccc(OC)cc2)c2c1c(O)n(-c1ccccc1)c2O. The number of carbonyl (C=O) groups excluding carboxylic acids is 1. The van der Waals surface area contributed by atoms with Crippen molar-refractivity contribution in [2.24, 2.45) is 0 Å². The van der Waals surface area contributed by atoms with Gasteiger partial charge in [-0.2, -0.15) is 0 Å². The van der Waals surface area contributed by atoms with Gasteiger partial charge in [-0.1, -0.05) is 60.7 Å². The summed E-state index contributed by atoms with van der Waals surface area (Å²) in [6, 6.07) is 25.3. The molecule has 1 aliphatic rings. The third kappa shape index (κ3) is 3.61. The maximum Gasteiger partial charge on any atom is 0.331 e. The molecule has 0 aliphatic carbocycles. The van der Waals surface area contributed by atoms with Crippen LogP contribution in [0, 0.1) is 0 Å². The Morgan fingerprint density at radius 3 is 2.14 bits per heavy atom. The predicted molar refractivity (Wildman–Crippen MR) is 131 cm³/mol. The van der Waals surface area contributed by atoms with Crippen LogP contribution < -0.4 is 10.1 Å². The van der Waals surface area contributed by atoms with Gasteiger partial charge in [0.1, 0.15) is 5.75 Å². The molecular weight excluding hydrogens is 444 g/mol. The summed E-state index contributed by atoms with van der Waals surface area (Å²) in [6.45, 7) is 0. The molecular formula is C28H26N2O5. The Morgan fingerprint density at radius 1 is 0.914 bits per heavy atom. The van der Waals surface area contributed by atoms with Crippen LogP contribution in [-0.4, -0.2) is 35.0 Å². The summed E-state index contributed by atoms with van der Waals surface area (Å²) in [7, 11) is 2.91. The Kier molecular flexibility index (Phi) is 5.70. The van der Waals surface area contributed by atoms with Gasteiger partial charge in [-0.15, -0.1) is 0 Å². The van der Waals surface area contributed by atoms with Gasteiger partial charge in [-0.05, 0) is 35.4 Å². The van der Waals surface area contributed by atoms with E-state index in [1.807, 2.05) is 72.8 Å². The number of nitrogens with one attached hydrogen (secondary N) is 1. The largest absolute Gasteiger partial charge is 0.497 e. The number of hydrogen-bond acceptors (Lipinski definition) is 6. The number of aromatic hydroxyl groups is 2. The molecule has 5 rings (SSSR count). The van der Waals surface area contributed by atoms with Gasteiger partial charge in [0.25, 0.3) is 0 Å². The van der Waals surface area contributed by atoms with Crippen LogP contribution in [-0.2, 0) is 21.5 Å². The van der Waals surface area contributed by atoms with Crippen LogP contribution in [0.3, 0.4) is 0 Å². The first-order valence-corrected chi connectivity index (χ1v) is 11.3. The number of hydrogen-bond donors (Lipinski definition) is 3. The zero-order valence-corrected chi connectivity index (χ0v) is 19.4. The zero-order valence-electron chi connectivity index (χ0n) is 19.4. The number of fused-ring (bicyclic) bond motifs is 1. The topological polar surface area (TPSA) is 93.0 Å². The summed E-state index contributed by atoms with van der Waals surface area (Å²) < 4.78 is 11.9. The Bertz CT molecular complexity index is 1350. The number of ether oxygens (including phenoxy) is 2. The van der Waals surface area contributed by atoms with Gasteiger partial charge in [0.15, 0.2) is 5.54 Å². The average molecular weight is 471 g/mol. The Labute approximate surface area is 203 Å². The van der Waals surface area contributed by atoms with Gasteiger partial charge >= 0.3 is 5.97 Å². The molecule has 4 aromatic rings. The minimum Gasteiger partial charge on any atom is -0.497 e. The summed E-state index contributed by atoms with van der Waals surface area (Å²) in [4.78, 5) is 13.5. The average Bonchev–Trinajstić information content (AvgIpc) is 3.38. The van der Waals surface area contributed by atoms with Gasteiger partial charge in [0.2, 0.25) is 11.8 Å². The molecule has 2 unspecified atom stereocenters. The first kappa shape index (κ1) is 22.6. The lowest BCUT2D eigenvalue weighted by molar-refractivity contribution is -0.149. The summed E-state index contributed by atoms with van der Waals surface area (Å²) in [5.74, 6) is -0.229. The Morgan fingerprint density at radius 2 is 1.54 bits per heavy atom. The molecule has 3 aromatic carbocycles. The van der Waals surface area contributed by atoms with Crippen LogP contribution in [0.2, 0.25) is 0 Å². The fourth-order valence-electron chi connectivity index (χ4n) is 4.97. The van der Waals surface area contributed by atoms with E-state index in [4.69, 9.17) is 9.47 Å². The number of benzene rings is 3. The van der Waals surface area contributed by atoms with Crippen LogP contribution in [0.1, 0.15) is 28.3 Å². The Balaban J connectivity index is 1.77. The third-order valence-corrected chi connectivity index (χ3v) is 6.57. The number of para-hydroxylation sites is 1. The highest BCUT2D eigenvalue weighted by Crippen LogP contribution is 2.53. The fourth-order valence-corrected chi connectivity index (χ4v) is 4.97. The molecule has 1 aromatic heterocycles. The highest BCUT2D eigenvalue weighted by molar-refractivity contribution is 5.87. The lowest BCUT2D eigenvalue weighted by atomic mass is 9.85. The van der Waals surface area contributed by atoms with Crippen LogP contribution >= 0.6 is 0 Å². The minimum absolute atomic E-state index is 0.143. The highest BCUT2D eigenvalue weighted by Gasteiger charge is 2.55. The molecule has 2 atom stereocenters. The van der Waals surface area contributed by atoms with Crippen molar-refractivity contribution in [2.45, 2.75) is 18.0 Å². The van der Waals surface area contributed by atoms with Gasteiger partial charge < -0.3 is 19.7 Å². The molecule has 35 heavy (non-hydrogen) atoms. The molecule has 1 aliphatic heterocycles. The van der Waals surface area contributed by atoms with E-state index in [9.17, 15) is 15.0 Å². The van der Waals surface area contributed by atoms with Crippen molar-refractivity contribution in [2.75, 3.05) is 14.2 Å². The van der Waals surface area contributed by atoms with Gasteiger partial charge in [0.05, 0.1) is 31.5 Å². The summed E-state index contributed by atoms with van der Waals surface area (Å²) >= 11 is 0. The molecule has 3 N–H and O–H groups in total. The third-order valence-electron chi connectivity index (χ3n) is 6.57. The zero-order chi connectivity index (χ0) is 24.6. The Hall–Kier alpha value is -4.23. The monoisotopic (exact) mass is 470 g/mol. The van der Waals surface area contributed by atoms with E-state index in [1.165, 1.54) is 11.7 Å². The molecule has 0 bridgehead atoms. The first-order valence-electron chi connectivity index (χ1n) is 11.3. The molecule has 7 nitrogen and oxygen atoms in total. The van der Waals surface area contributed by atoms with Gasteiger partial charge in [-0.25, -0.2) is 4.79 Å². The number of methoxy groups -OCH3 is 2. The second kappa shape index (κ2) is 8.85. The summed E-state index contributed by atoms with van der Waals surface area (Å²) in [5.41, 5.74) is 1.54. The van der Waals surface area contributed by atoms with E-state index in [0.29, 0.717) is 22.6 Å². The number of rotatable bonds is 6. The fraction of sp³-hybridized carbons (Fsp3) is 0.179. The van der Waals surface area contributed by atoms with Crippen molar-refractivity contribution >= 4 is 5.97 Å². The van der Waals surface area contributed by atoms with Gasteiger partial charge in [0, 0.05) is 12.0 Å². The maximum absolute atomic E-state index is 13.5. The van der Waals surface area contributed by atoms with E-state index in [2.05, 4.69) is 5.32 Å². The molecule has 0 saturated carbocycles. The van der Waals surface area contributed by atoms with Crippen LogP contribution in [0.5, 0.6) is 17.5 Å². The van der Waals surface area contributed by atoms with Gasteiger partial charge in [-0.3, -0.25) is 9.88 Å². The molecule has 178 valence electrons. The van der Waals surface area contributed by atoms with Crippen LogP contribution in [0.4, 0.5) is 0 Å². The highest BCUT2D eigenvalue weighted by atomic mass is 16.5. The van der Waals surface area contributed by atoms with Crippen LogP contribution in [0.15, 0.2) is 84.9 Å². The molecule has 0 spiro atoms. The molecule has 0 fully saturated rings. The smallest absolute Gasteiger partial charge is 0.331 e. The standard InChI is InChI=1S/C28H26N2O5/c1-34-21-15-13-19(14-16-21)24-22-23(26(32)30(25(22)31)20-11-7-4-8-12-20)28(29-24,27(33)35-2)17-18-9-5-3-6-10-18/h3-16,24,29,31-32H,17H2,1-2H3. The quantitative estimate of drug-likeness (QED) is 0.366. The predicted octanol–water partition coefficient (Wildman–Crippen LogP) is 4.20. The van der Waals surface area contributed by atoms with E-state index in [0.717, 1.165) is 11.1 Å². The van der Waals surface area contributed by atoms with Crippen molar-refractivity contribution < 1.29 is 24.5 Å². The van der Waals surface area contributed by atoms with E-state index < -0.39 is 17.6 Å². The first-order chi connectivity index (χ1) is 17.0. The van der Waals surface area contributed by atoms with Crippen LogP contribution in [0.25, 0.3) is 5.69 Å². The lowest BCUT2D eigenvalue weighted by Crippen LogP contribution is -2.48.